The smallest absolute Gasteiger partial charge is 0.309 e. The molecule has 0 amide bonds. The Labute approximate surface area is 142 Å². The van der Waals surface area contributed by atoms with E-state index in [-0.39, 0.29) is 29.2 Å². The van der Waals surface area contributed by atoms with Gasteiger partial charge >= 0.3 is 11.9 Å². The predicted octanol–water partition coefficient (Wildman–Crippen LogP) is 4.61. The Morgan fingerprint density at radius 3 is 1.74 bits per heavy atom. The topological polar surface area (TPSA) is 52.6 Å². The van der Waals surface area contributed by atoms with Crippen LogP contribution in [0.4, 0.5) is 0 Å². The molecular weight excluding hydrogens is 292 g/mol. The van der Waals surface area contributed by atoms with E-state index < -0.39 is 5.92 Å². The SMILES string of the molecule is CC(C)CCC(CC(=O)OCC(C)(C)C)C(=O)OCC(C)(C)C. The van der Waals surface area contributed by atoms with Gasteiger partial charge in [-0.05, 0) is 23.2 Å². The van der Waals surface area contributed by atoms with Gasteiger partial charge in [-0.25, -0.2) is 0 Å². The molecule has 0 aromatic heterocycles. The summed E-state index contributed by atoms with van der Waals surface area (Å²) in [6, 6.07) is 0. The zero-order valence-electron chi connectivity index (χ0n) is 16.3. The van der Waals surface area contributed by atoms with Crippen LogP contribution in [0.15, 0.2) is 0 Å². The summed E-state index contributed by atoms with van der Waals surface area (Å²) >= 11 is 0. The lowest BCUT2D eigenvalue weighted by Crippen LogP contribution is -2.27. The van der Waals surface area contributed by atoms with Crippen LogP contribution >= 0.6 is 0 Å². The highest BCUT2D eigenvalue weighted by Gasteiger charge is 2.26. The van der Waals surface area contributed by atoms with Crippen LogP contribution in [0.2, 0.25) is 0 Å². The molecule has 23 heavy (non-hydrogen) atoms. The van der Waals surface area contributed by atoms with E-state index in [0.29, 0.717) is 25.6 Å². The summed E-state index contributed by atoms with van der Waals surface area (Å²) in [6.07, 6.45) is 1.65. The Balaban J connectivity index is 4.60. The van der Waals surface area contributed by atoms with Crippen LogP contribution < -0.4 is 0 Å². The number of esters is 2. The fourth-order valence-electron chi connectivity index (χ4n) is 1.80. The molecule has 0 aromatic carbocycles. The molecule has 0 saturated heterocycles. The molecule has 1 atom stereocenters. The highest BCUT2D eigenvalue weighted by atomic mass is 16.5. The molecule has 0 spiro atoms. The molecule has 0 fully saturated rings. The molecule has 1 unspecified atom stereocenters. The second-order valence-corrected chi connectivity index (χ2v) is 9.26. The molecule has 0 radical (unpaired) electrons. The molecule has 0 bridgehead atoms. The average Bonchev–Trinajstić information content (AvgIpc) is 2.36. The first-order valence-corrected chi connectivity index (χ1v) is 8.62. The molecule has 0 N–H and O–H groups in total. The summed E-state index contributed by atoms with van der Waals surface area (Å²) in [7, 11) is 0. The van der Waals surface area contributed by atoms with Gasteiger partial charge in [-0.2, -0.15) is 0 Å². The maximum absolute atomic E-state index is 12.3. The van der Waals surface area contributed by atoms with E-state index >= 15 is 0 Å². The zero-order valence-corrected chi connectivity index (χ0v) is 16.3. The van der Waals surface area contributed by atoms with Crippen molar-refractivity contribution in [1.29, 1.82) is 0 Å². The third-order valence-corrected chi connectivity index (χ3v) is 3.15. The number of rotatable bonds is 8. The Morgan fingerprint density at radius 1 is 0.826 bits per heavy atom. The second-order valence-electron chi connectivity index (χ2n) is 9.26. The number of carbonyl (C=O) groups is 2. The van der Waals surface area contributed by atoms with Gasteiger partial charge in [0.05, 0.1) is 25.6 Å². The maximum atomic E-state index is 12.3. The first-order chi connectivity index (χ1) is 10.3. The van der Waals surface area contributed by atoms with E-state index in [1.807, 2.05) is 41.5 Å². The van der Waals surface area contributed by atoms with Crippen molar-refractivity contribution in [3.8, 4) is 0 Å². The van der Waals surface area contributed by atoms with Gasteiger partial charge in [0.25, 0.3) is 0 Å². The van der Waals surface area contributed by atoms with Crippen LogP contribution in [0.1, 0.15) is 74.7 Å². The summed E-state index contributed by atoms with van der Waals surface area (Å²) in [4.78, 5) is 24.3. The Morgan fingerprint density at radius 2 is 1.30 bits per heavy atom. The highest BCUT2D eigenvalue weighted by molar-refractivity contribution is 5.80. The van der Waals surface area contributed by atoms with Crippen molar-refractivity contribution in [1.82, 2.24) is 0 Å². The fourth-order valence-corrected chi connectivity index (χ4v) is 1.80. The fraction of sp³-hybridized carbons (Fsp3) is 0.895. The van der Waals surface area contributed by atoms with Crippen molar-refractivity contribution in [3.63, 3.8) is 0 Å². The van der Waals surface area contributed by atoms with Crippen molar-refractivity contribution < 1.29 is 19.1 Å². The molecule has 0 aliphatic rings. The van der Waals surface area contributed by atoms with Crippen molar-refractivity contribution in [3.05, 3.63) is 0 Å². The van der Waals surface area contributed by atoms with Crippen molar-refractivity contribution in [2.75, 3.05) is 13.2 Å². The van der Waals surface area contributed by atoms with E-state index in [1.54, 1.807) is 0 Å². The summed E-state index contributed by atoms with van der Waals surface area (Å²) in [5, 5.41) is 0. The zero-order chi connectivity index (χ0) is 18.3. The molecule has 4 nitrogen and oxygen atoms in total. The van der Waals surface area contributed by atoms with Gasteiger partial charge in [-0.1, -0.05) is 61.8 Å². The van der Waals surface area contributed by atoms with Crippen LogP contribution in [0.25, 0.3) is 0 Å². The van der Waals surface area contributed by atoms with Gasteiger partial charge in [0.15, 0.2) is 0 Å². The lowest BCUT2D eigenvalue weighted by Gasteiger charge is -2.22. The minimum absolute atomic E-state index is 0.0736. The molecule has 0 aliphatic heterocycles. The predicted molar refractivity (Wildman–Crippen MR) is 93.0 cm³/mol. The monoisotopic (exact) mass is 328 g/mol. The van der Waals surface area contributed by atoms with Crippen LogP contribution in [0.5, 0.6) is 0 Å². The van der Waals surface area contributed by atoms with E-state index in [1.165, 1.54) is 0 Å². The summed E-state index contributed by atoms with van der Waals surface area (Å²) < 4.78 is 10.7. The quantitative estimate of drug-likeness (QED) is 0.611. The summed E-state index contributed by atoms with van der Waals surface area (Å²) in [5.41, 5.74) is -0.152. The number of hydrogen-bond donors (Lipinski definition) is 0. The minimum atomic E-state index is -0.410. The number of ether oxygens (including phenoxy) is 2. The minimum Gasteiger partial charge on any atom is -0.465 e. The van der Waals surface area contributed by atoms with Gasteiger partial charge in [-0.3, -0.25) is 9.59 Å². The number of hydrogen-bond acceptors (Lipinski definition) is 4. The van der Waals surface area contributed by atoms with Crippen LogP contribution in [0, 0.1) is 22.7 Å². The van der Waals surface area contributed by atoms with E-state index in [2.05, 4.69) is 13.8 Å². The normalized spacial score (nSPS) is 13.8. The molecular formula is C19H36O4. The van der Waals surface area contributed by atoms with Crippen molar-refractivity contribution >= 4 is 11.9 Å². The van der Waals surface area contributed by atoms with Gasteiger partial charge in [0.1, 0.15) is 0 Å². The molecule has 0 aliphatic carbocycles. The largest absolute Gasteiger partial charge is 0.465 e. The van der Waals surface area contributed by atoms with Gasteiger partial charge in [0, 0.05) is 0 Å². The maximum Gasteiger partial charge on any atom is 0.309 e. The third kappa shape index (κ3) is 13.1. The molecule has 0 rings (SSSR count). The standard InChI is InChI=1S/C19H36O4/c1-14(2)9-10-15(17(21)23-13-19(6,7)8)11-16(20)22-12-18(3,4)5/h14-15H,9-13H2,1-8H3. The molecule has 136 valence electrons. The van der Waals surface area contributed by atoms with E-state index in [9.17, 15) is 9.59 Å². The number of carbonyl (C=O) groups excluding carboxylic acids is 2. The molecule has 0 saturated carbocycles. The van der Waals surface area contributed by atoms with Crippen molar-refractivity contribution in [2.45, 2.75) is 74.7 Å². The second kappa shape index (κ2) is 9.29. The lowest BCUT2D eigenvalue weighted by atomic mass is 9.94. The first kappa shape index (κ1) is 21.9. The first-order valence-electron chi connectivity index (χ1n) is 8.62. The Hall–Kier alpha value is -1.06. The summed E-state index contributed by atoms with van der Waals surface area (Å²) in [6.45, 7) is 17.0. The van der Waals surface area contributed by atoms with Crippen LogP contribution in [0.3, 0.4) is 0 Å². The van der Waals surface area contributed by atoms with Gasteiger partial charge in [-0.15, -0.1) is 0 Å². The lowest BCUT2D eigenvalue weighted by molar-refractivity contribution is -0.158. The van der Waals surface area contributed by atoms with Crippen LogP contribution in [-0.4, -0.2) is 25.2 Å². The van der Waals surface area contributed by atoms with Crippen LogP contribution in [-0.2, 0) is 19.1 Å². The Kier molecular flexibility index (Phi) is 8.86. The van der Waals surface area contributed by atoms with Gasteiger partial charge in [0.2, 0.25) is 0 Å². The molecule has 4 heteroatoms. The Bertz CT molecular complexity index is 372. The third-order valence-electron chi connectivity index (χ3n) is 3.15. The van der Waals surface area contributed by atoms with E-state index in [0.717, 1.165) is 6.42 Å². The average molecular weight is 328 g/mol. The molecule has 0 aromatic rings. The van der Waals surface area contributed by atoms with E-state index in [4.69, 9.17) is 9.47 Å². The molecule has 0 heterocycles. The highest BCUT2D eigenvalue weighted by Crippen LogP contribution is 2.21. The summed E-state index contributed by atoms with van der Waals surface area (Å²) in [5.74, 6) is -0.527. The van der Waals surface area contributed by atoms with Crippen molar-refractivity contribution in [2.24, 2.45) is 22.7 Å². The van der Waals surface area contributed by atoms with Gasteiger partial charge < -0.3 is 9.47 Å².